The van der Waals surface area contributed by atoms with Crippen LogP contribution in [0.1, 0.15) is 11.1 Å². The first-order valence-corrected chi connectivity index (χ1v) is 8.94. The molecular weight excluding hydrogens is 457 g/mol. The second kappa shape index (κ2) is 9.42. The second-order valence-electron chi connectivity index (χ2n) is 5.22. The first-order chi connectivity index (χ1) is 12.8. The van der Waals surface area contributed by atoms with Crippen molar-refractivity contribution >= 4 is 57.1 Å². The Bertz CT molecular complexity index is 930. The number of nitriles is 1. The molecule has 0 radical (unpaired) electrons. The highest BCUT2D eigenvalue weighted by molar-refractivity contribution is 9.10. The predicted molar refractivity (Wildman–Crippen MR) is 106 cm³/mol. The highest BCUT2D eigenvalue weighted by Crippen LogP contribution is 2.35. The van der Waals surface area contributed by atoms with Gasteiger partial charge in [-0.25, -0.2) is 4.79 Å². The molecule has 2 rings (SSSR count). The number of carbonyl (C=O) groups excluding carboxylic acids is 2. The lowest BCUT2D eigenvalue weighted by Gasteiger charge is -2.11. The number of urea groups is 1. The van der Waals surface area contributed by atoms with Crippen LogP contribution in [-0.4, -0.2) is 11.9 Å². The number of amides is 3. The Morgan fingerprint density at radius 1 is 1.22 bits per heavy atom. The number of nitrogens with one attached hydrogen (secondary N) is 1. The molecule has 0 aliphatic rings. The molecule has 0 atom stereocenters. The molecule has 0 spiro atoms. The van der Waals surface area contributed by atoms with Crippen molar-refractivity contribution < 1.29 is 14.3 Å². The molecule has 3 amide bonds. The van der Waals surface area contributed by atoms with E-state index in [1.54, 1.807) is 6.07 Å². The second-order valence-corrected chi connectivity index (χ2v) is 6.95. The molecule has 0 aliphatic heterocycles. The van der Waals surface area contributed by atoms with Crippen molar-refractivity contribution in [2.75, 3.05) is 0 Å². The monoisotopic (exact) mass is 467 g/mol. The molecule has 2 aromatic rings. The van der Waals surface area contributed by atoms with Gasteiger partial charge in [-0.2, -0.15) is 5.26 Å². The van der Waals surface area contributed by atoms with E-state index in [1.165, 1.54) is 18.2 Å². The molecule has 0 fully saturated rings. The fraction of sp³-hybridized carbons (Fsp3) is 0.0556. The Balaban J connectivity index is 2.21. The highest BCUT2D eigenvalue weighted by Gasteiger charge is 2.14. The molecule has 2 aromatic carbocycles. The lowest BCUT2D eigenvalue weighted by atomic mass is 10.1. The van der Waals surface area contributed by atoms with Crippen molar-refractivity contribution in [3.63, 3.8) is 0 Å². The van der Waals surface area contributed by atoms with Gasteiger partial charge in [0, 0.05) is 4.47 Å². The van der Waals surface area contributed by atoms with Gasteiger partial charge in [0.1, 0.15) is 18.2 Å². The summed E-state index contributed by atoms with van der Waals surface area (Å²) in [6, 6.07) is 11.1. The van der Waals surface area contributed by atoms with Gasteiger partial charge in [-0.05, 0) is 41.5 Å². The Morgan fingerprint density at radius 2 is 1.81 bits per heavy atom. The van der Waals surface area contributed by atoms with Crippen LogP contribution in [0.5, 0.6) is 5.75 Å². The van der Waals surface area contributed by atoms with Crippen LogP contribution >= 0.6 is 39.1 Å². The number of ether oxygens (including phenoxy) is 1. The summed E-state index contributed by atoms with van der Waals surface area (Å²) in [5, 5.41) is 11.3. The Labute approximate surface area is 173 Å². The molecule has 6 nitrogen and oxygen atoms in total. The van der Waals surface area contributed by atoms with E-state index in [9.17, 15) is 9.59 Å². The summed E-state index contributed by atoms with van der Waals surface area (Å²) < 4.78 is 6.63. The summed E-state index contributed by atoms with van der Waals surface area (Å²) >= 11 is 15.8. The summed E-state index contributed by atoms with van der Waals surface area (Å²) in [4.78, 5) is 22.4. The van der Waals surface area contributed by atoms with Crippen LogP contribution < -0.4 is 15.8 Å². The quantitative estimate of drug-likeness (QED) is 0.499. The van der Waals surface area contributed by atoms with Gasteiger partial charge in [0.2, 0.25) is 0 Å². The number of primary amides is 1. The van der Waals surface area contributed by atoms with Crippen LogP contribution in [0.25, 0.3) is 6.08 Å². The lowest BCUT2D eigenvalue weighted by Crippen LogP contribution is -2.35. The maximum atomic E-state index is 11.7. The first kappa shape index (κ1) is 20.8. The predicted octanol–water partition coefficient (Wildman–Crippen LogP) is 4.44. The molecule has 3 N–H and O–H groups in total. The fourth-order valence-corrected chi connectivity index (χ4v) is 2.91. The van der Waals surface area contributed by atoms with E-state index in [-0.39, 0.29) is 28.0 Å². The van der Waals surface area contributed by atoms with Crippen LogP contribution in [0.2, 0.25) is 10.0 Å². The average molecular weight is 469 g/mol. The number of hydrogen-bond donors (Lipinski definition) is 2. The minimum atomic E-state index is -1.06. The number of nitrogens with two attached hydrogens (primary N) is 1. The average Bonchev–Trinajstić information content (AvgIpc) is 2.59. The van der Waals surface area contributed by atoms with Gasteiger partial charge in [-0.3, -0.25) is 10.1 Å². The van der Waals surface area contributed by atoms with Gasteiger partial charge < -0.3 is 10.5 Å². The number of imide groups is 1. The fourth-order valence-electron chi connectivity index (χ4n) is 2.03. The van der Waals surface area contributed by atoms with E-state index in [0.29, 0.717) is 5.56 Å². The zero-order valence-electron chi connectivity index (χ0n) is 13.6. The van der Waals surface area contributed by atoms with Gasteiger partial charge in [-0.1, -0.05) is 51.3 Å². The maximum Gasteiger partial charge on any atom is 0.319 e. The van der Waals surface area contributed by atoms with E-state index in [4.69, 9.17) is 38.9 Å². The van der Waals surface area contributed by atoms with Crippen molar-refractivity contribution in [2.24, 2.45) is 5.73 Å². The zero-order valence-corrected chi connectivity index (χ0v) is 16.7. The highest BCUT2D eigenvalue weighted by atomic mass is 79.9. The van der Waals surface area contributed by atoms with Crippen molar-refractivity contribution in [3.05, 3.63) is 67.6 Å². The maximum absolute atomic E-state index is 11.7. The largest absolute Gasteiger partial charge is 0.486 e. The van der Waals surface area contributed by atoms with Crippen LogP contribution in [0.3, 0.4) is 0 Å². The van der Waals surface area contributed by atoms with Crippen molar-refractivity contribution in [1.29, 1.82) is 5.26 Å². The molecule has 138 valence electrons. The van der Waals surface area contributed by atoms with Gasteiger partial charge in [0.05, 0.1) is 10.0 Å². The van der Waals surface area contributed by atoms with Gasteiger partial charge in [0.25, 0.3) is 5.91 Å². The van der Waals surface area contributed by atoms with Gasteiger partial charge in [0.15, 0.2) is 5.75 Å². The summed E-state index contributed by atoms with van der Waals surface area (Å²) in [5.41, 5.74) is 5.85. The van der Waals surface area contributed by atoms with Crippen molar-refractivity contribution in [2.45, 2.75) is 6.61 Å². The van der Waals surface area contributed by atoms with Crippen LogP contribution in [-0.2, 0) is 11.4 Å². The molecule has 0 saturated carbocycles. The summed E-state index contributed by atoms with van der Waals surface area (Å²) in [6.07, 6.45) is 1.23. The van der Waals surface area contributed by atoms with Gasteiger partial charge in [-0.15, -0.1) is 0 Å². The van der Waals surface area contributed by atoms with E-state index < -0.39 is 11.9 Å². The van der Waals surface area contributed by atoms with E-state index in [1.807, 2.05) is 29.6 Å². The minimum Gasteiger partial charge on any atom is -0.486 e. The molecule has 27 heavy (non-hydrogen) atoms. The number of benzene rings is 2. The molecular formula is C18H12BrCl2N3O3. The standard InChI is InChI=1S/C18H12BrCl2N3O3/c19-13-3-1-10(2-4-13)9-27-16-14(20)6-11(7-15(16)21)5-12(8-22)17(25)24-18(23)26/h1-7H,9H2,(H3,23,24,25,26)/b12-5-. The third kappa shape index (κ3) is 6.00. The Morgan fingerprint density at radius 3 is 2.33 bits per heavy atom. The molecule has 0 saturated heterocycles. The van der Waals surface area contributed by atoms with Gasteiger partial charge >= 0.3 is 6.03 Å². The number of hydrogen-bond acceptors (Lipinski definition) is 4. The minimum absolute atomic E-state index is 0.207. The van der Waals surface area contributed by atoms with Crippen molar-refractivity contribution in [3.8, 4) is 11.8 Å². The van der Waals surface area contributed by atoms with Crippen LogP contribution in [0, 0.1) is 11.3 Å². The van der Waals surface area contributed by atoms with E-state index in [0.717, 1.165) is 10.0 Å². The SMILES string of the molecule is N#C/C(=C/c1cc(Cl)c(OCc2ccc(Br)cc2)c(Cl)c1)C(=O)NC(N)=O. The van der Waals surface area contributed by atoms with E-state index in [2.05, 4.69) is 15.9 Å². The van der Waals surface area contributed by atoms with Crippen LogP contribution in [0.15, 0.2) is 46.4 Å². The Kier molecular flexibility index (Phi) is 7.25. The molecule has 0 heterocycles. The number of halogens is 3. The molecule has 0 bridgehead atoms. The summed E-state index contributed by atoms with van der Waals surface area (Å²) in [5.74, 6) is -0.647. The third-order valence-corrected chi connectivity index (χ3v) is 4.32. The number of rotatable bonds is 5. The summed E-state index contributed by atoms with van der Waals surface area (Å²) in [6.45, 7) is 0.256. The Hall–Kier alpha value is -2.53. The molecule has 0 unspecified atom stereocenters. The van der Waals surface area contributed by atoms with E-state index >= 15 is 0 Å². The molecule has 9 heteroatoms. The van der Waals surface area contributed by atoms with Crippen molar-refractivity contribution in [1.82, 2.24) is 5.32 Å². The third-order valence-electron chi connectivity index (χ3n) is 3.23. The lowest BCUT2D eigenvalue weighted by molar-refractivity contribution is -0.115. The normalized spacial score (nSPS) is 10.8. The van der Waals surface area contributed by atoms with Crippen LogP contribution in [0.4, 0.5) is 4.79 Å². The first-order valence-electron chi connectivity index (χ1n) is 7.39. The number of carbonyl (C=O) groups is 2. The number of nitrogens with zero attached hydrogens (tertiary/aromatic N) is 1. The summed E-state index contributed by atoms with van der Waals surface area (Å²) in [7, 11) is 0. The molecule has 0 aliphatic carbocycles. The smallest absolute Gasteiger partial charge is 0.319 e. The zero-order chi connectivity index (χ0) is 20.0. The molecule has 0 aromatic heterocycles. The topological polar surface area (TPSA) is 105 Å².